The van der Waals surface area contributed by atoms with Crippen LogP contribution in [0.3, 0.4) is 0 Å². The van der Waals surface area contributed by atoms with E-state index < -0.39 is 0 Å². The second kappa shape index (κ2) is 7.06. The molecule has 0 spiro atoms. The normalized spacial score (nSPS) is 10.9. The van der Waals surface area contributed by atoms with Crippen LogP contribution in [-0.2, 0) is 4.79 Å². The number of amides is 2. The molecule has 0 saturated carbocycles. The first kappa shape index (κ1) is 16.9. The van der Waals surface area contributed by atoms with E-state index in [4.69, 9.17) is 4.74 Å². The minimum absolute atomic E-state index is 0.00461. The fourth-order valence-corrected chi connectivity index (χ4v) is 1.84. The molecule has 1 N–H and O–H groups in total. The van der Waals surface area contributed by atoms with E-state index in [1.54, 1.807) is 18.3 Å². The van der Waals surface area contributed by atoms with E-state index in [-0.39, 0.29) is 29.8 Å². The summed E-state index contributed by atoms with van der Waals surface area (Å²) >= 11 is 0. The number of methoxy groups -OCH3 is 1. The van der Waals surface area contributed by atoms with Crippen molar-refractivity contribution in [2.75, 3.05) is 20.2 Å². The van der Waals surface area contributed by atoms with Crippen LogP contribution in [-0.4, -0.2) is 47.4 Å². The Kier molecular flexibility index (Phi) is 5.69. The topological polar surface area (TPSA) is 71.5 Å². The van der Waals surface area contributed by atoms with Crippen molar-refractivity contribution in [3.8, 4) is 5.88 Å². The lowest BCUT2D eigenvalue weighted by Crippen LogP contribution is -2.47. The van der Waals surface area contributed by atoms with Gasteiger partial charge in [-0.25, -0.2) is 4.98 Å². The van der Waals surface area contributed by atoms with Crippen molar-refractivity contribution < 1.29 is 14.3 Å². The quantitative estimate of drug-likeness (QED) is 0.892. The Labute approximate surface area is 125 Å². The molecule has 1 aromatic heterocycles. The first-order chi connectivity index (χ1) is 9.78. The van der Waals surface area contributed by atoms with Crippen molar-refractivity contribution in [1.29, 1.82) is 0 Å². The highest BCUT2D eigenvalue weighted by Gasteiger charge is 2.22. The standard InChI is InChI=1S/C15H23N3O3/c1-6-18(10-12(19)17-15(2,3)4)14(20)11-8-7-9-16-13(11)21-5/h7-9H,6,10H2,1-5H3,(H,17,19). The minimum atomic E-state index is -0.328. The third-order valence-electron chi connectivity index (χ3n) is 2.71. The molecule has 0 unspecified atom stereocenters. The Bertz CT molecular complexity index is 509. The number of nitrogens with zero attached hydrogens (tertiary/aromatic N) is 2. The van der Waals surface area contributed by atoms with E-state index >= 15 is 0 Å². The zero-order chi connectivity index (χ0) is 16.0. The first-order valence-corrected chi connectivity index (χ1v) is 6.87. The van der Waals surface area contributed by atoms with Gasteiger partial charge < -0.3 is 15.0 Å². The van der Waals surface area contributed by atoms with Crippen LogP contribution >= 0.6 is 0 Å². The first-order valence-electron chi connectivity index (χ1n) is 6.87. The smallest absolute Gasteiger partial charge is 0.259 e. The van der Waals surface area contributed by atoms with Crippen LogP contribution in [0.25, 0.3) is 0 Å². The number of rotatable bonds is 5. The maximum Gasteiger partial charge on any atom is 0.259 e. The SMILES string of the molecule is CCN(CC(=O)NC(C)(C)C)C(=O)c1cccnc1OC. The molecular weight excluding hydrogens is 270 g/mol. The summed E-state index contributed by atoms with van der Waals surface area (Å²) < 4.78 is 5.09. The van der Waals surface area contributed by atoms with Gasteiger partial charge in [0.25, 0.3) is 5.91 Å². The van der Waals surface area contributed by atoms with Gasteiger partial charge in [0.05, 0.1) is 13.7 Å². The van der Waals surface area contributed by atoms with Gasteiger partial charge in [0.1, 0.15) is 5.56 Å². The van der Waals surface area contributed by atoms with Crippen molar-refractivity contribution in [3.05, 3.63) is 23.9 Å². The van der Waals surface area contributed by atoms with Gasteiger partial charge in [-0.15, -0.1) is 0 Å². The molecule has 0 saturated heterocycles. The predicted octanol–water partition coefficient (Wildman–Crippen LogP) is 1.47. The molecule has 0 aliphatic rings. The average Bonchev–Trinajstić information content (AvgIpc) is 2.42. The molecule has 21 heavy (non-hydrogen) atoms. The number of aromatic nitrogens is 1. The monoisotopic (exact) mass is 293 g/mol. The summed E-state index contributed by atoms with van der Waals surface area (Å²) in [6.45, 7) is 7.94. The van der Waals surface area contributed by atoms with Gasteiger partial charge in [-0.3, -0.25) is 9.59 Å². The molecule has 0 radical (unpaired) electrons. The maximum atomic E-state index is 12.5. The van der Waals surface area contributed by atoms with Crippen LogP contribution in [0.4, 0.5) is 0 Å². The van der Waals surface area contributed by atoms with Crippen molar-refractivity contribution >= 4 is 11.8 Å². The van der Waals surface area contributed by atoms with Crippen LogP contribution in [0.5, 0.6) is 5.88 Å². The van der Waals surface area contributed by atoms with Crippen LogP contribution in [0.15, 0.2) is 18.3 Å². The molecular formula is C15H23N3O3. The molecule has 0 atom stereocenters. The van der Waals surface area contributed by atoms with E-state index in [0.717, 1.165) is 0 Å². The van der Waals surface area contributed by atoms with Crippen LogP contribution in [0, 0.1) is 0 Å². The molecule has 0 aliphatic heterocycles. The summed E-state index contributed by atoms with van der Waals surface area (Å²) in [4.78, 5) is 29.9. The number of carbonyl (C=O) groups excluding carboxylic acids is 2. The van der Waals surface area contributed by atoms with E-state index in [1.807, 2.05) is 27.7 Å². The van der Waals surface area contributed by atoms with Gasteiger partial charge in [0.15, 0.2) is 0 Å². The molecule has 1 aromatic rings. The van der Waals surface area contributed by atoms with Crippen molar-refractivity contribution in [3.63, 3.8) is 0 Å². The summed E-state index contributed by atoms with van der Waals surface area (Å²) in [6.07, 6.45) is 1.55. The third-order valence-corrected chi connectivity index (χ3v) is 2.71. The number of carbonyl (C=O) groups is 2. The number of nitrogens with one attached hydrogen (secondary N) is 1. The van der Waals surface area contributed by atoms with Crippen molar-refractivity contribution in [1.82, 2.24) is 15.2 Å². The predicted molar refractivity (Wildman–Crippen MR) is 80.3 cm³/mol. The maximum absolute atomic E-state index is 12.5. The molecule has 6 nitrogen and oxygen atoms in total. The van der Waals surface area contributed by atoms with Gasteiger partial charge in [-0.1, -0.05) is 0 Å². The molecule has 116 valence electrons. The highest BCUT2D eigenvalue weighted by atomic mass is 16.5. The van der Waals surface area contributed by atoms with Gasteiger partial charge in [0, 0.05) is 18.3 Å². The van der Waals surface area contributed by atoms with Gasteiger partial charge >= 0.3 is 0 Å². The van der Waals surface area contributed by atoms with Crippen LogP contribution in [0.1, 0.15) is 38.1 Å². The average molecular weight is 293 g/mol. The molecule has 0 aliphatic carbocycles. The van der Waals surface area contributed by atoms with Crippen LogP contribution < -0.4 is 10.1 Å². The van der Waals surface area contributed by atoms with E-state index in [9.17, 15) is 9.59 Å². The van der Waals surface area contributed by atoms with E-state index in [2.05, 4.69) is 10.3 Å². The fraction of sp³-hybridized carbons (Fsp3) is 0.533. The summed E-state index contributed by atoms with van der Waals surface area (Å²) in [7, 11) is 1.46. The Morgan fingerprint density at radius 3 is 2.57 bits per heavy atom. The molecule has 6 heteroatoms. The highest BCUT2D eigenvalue weighted by Crippen LogP contribution is 2.16. The fourth-order valence-electron chi connectivity index (χ4n) is 1.84. The largest absolute Gasteiger partial charge is 0.480 e. The van der Waals surface area contributed by atoms with Gasteiger partial charge in [-0.2, -0.15) is 0 Å². The summed E-state index contributed by atoms with van der Waals surface area (Å²) in [5.74, 6) is -0.204. The second-order valence-corrected chi connectivity index (χ2v) is 5.68. The number of likely N-dealkylation sites (N-methyl/N-ethyl adjacent to an activating group) is 1. The summed E-state index contributed by atoms with van der Waals surface area (Å²) in [5.41, 5.74) is 0.0244. The Morgan fingerprint density at radius 1 is 1.38 bits per heavy atom. The van der Waals surface area contributed by atoms with E-state index in [1.165, 1.54) is 12.0 Å². The Morgan fingerprint density at radius 2 is 2.05 bits per heavy atom. The molecule has 0 aromatic carbocycles. The minimum Gasteiger partial charge on any atom is -0.480 e. The molecule has 0 bridgehead atoms. The number of hydrogen-bond acceptors (Lipinski definition) is 4. The molecule has 1 rings (SSSR count). The number of ether oxygens (including phenoxy) is 1. The summed E-state index contributed by atoms with van der Waals surface area (Å²) in [5, 5.41) is 2.84. The van der Waals surface area contributed by atoms with E-state index in [0.29, 0.717) is 12.1 Å². The molecule has 2 amide bonds. The van der Waals surface area contributed by atoms with Gasteiger partial charge in [0.2, 0.25) is 11.8 Å². The lowest BCUT2D eigenvalue weighted by Gasteiger charge is -2.25. The van der Waals surface area contributed by atoms with Crippen molar-refractivity contribution in [2.45, 2.75) is 33.2 Å². The zero-order valence-corrected chi connectivity index (χ0v) is 13.3. The lowest BCUT2D eigenvalue weighted by atomic mass is 10.1. The Hall–Kier alpha value is -2.11. The zero-order valence-electron chi connectivity index (χ0n) is 13.3. The third kappa shape index (κ3) is 5.06. The van der Waals surface area contributed by atoms with Gasteiger partial charge in [-0.05, 0) is 39.8 Å². The number of pyridine rings is 1. The van der Waals surface area contributed by atoms with Crippen LogP contribution in [0.2, 0.25) is 0 Å². The molecule has 0 fully saturated rings. The lowest BCUT2D eigenvalue weighted by molar-refractivity contribution is -0.123. The summed E-state index contributed by atoms with van der Waals surface area (Å²) in [6, 6.07) is 3.30. The number of hydrogen-bond donors (Lipinski definition) is 1. The highest BCUT2D eigenvalue weighted by molar-refractivity contribution is 5.98. The Balaban J connectivity index is 2.85. The molecule has 1 heterocycles. The van der Waals surface area contributed by atoms with Crippen molar-refractivity contribution in [2.24, 2.45) is 0 Å². The second-order valence-electron chi connectivity index (χ2n) is 5.68.